The summed E-state index contributed by atoms with van der Waals surface area (Å²) in [7, 11) is 0. The predicted molar refractivity (Wildman–Crippen MR) is 206 cm³/mol. The van der Waals surface area contributed by atoms with Crippen LogP contribution in [0.25, 0.3) is 0 Å². The number of aliphatic hydroxyl groups is 1. The summed E-state index contributed by atoms with van der Waals surface area (Å²) in [5.41, 5.74) is 3.55. The van der Waals surface area contributed by atoms with Gasteiger partial charge in [0.1, 0.15) is 42.7 Å². The number of aliphatic hydroxyl groups excluding tert-OH is 1. The van der Waals surface area contributed by atoms with Crippen molar-refractivity contribution in [2.75, 3.05) is 19.8 Å². The Morgan fingerprint density at radius 2 is 1.21 bits per heavy atom. The molecule has 0 saturated carbocycles. The molecule has 0 aromatic heterocycles. The van der Waals surface area contributed by atoms with Gasteiger partial charge in [-0.3, -0.25) is 4.79 Å². The SMILES string of the molecule is C=CCO[C@@H]1O[C@H](CO)[C@@H](O[C@@H]2O[C@@H]3CO[C@@H](c4ccccc4)O[C@H]3[C@H](OCc3ccccc3)[C@@H]2OC(C)=O)[C@H](OCc2ccccc2)[C@H]1OCc1ccccc1. The zero-order valence-corrected chi connectivity index (χ0v) is 31.9. The van der Waals surface area contributed by atoms with Crippen molar-refractivity contribution in [1.29, 1.82) is 0 Å². The van der Waals surface area contributed by atoms with Crippen molar-refractivity contribution in [1.82, 2.24) is 0 Å². The van der Waals surface area contributed by atoms with E-state index in [2.05, 4.69) is 6.58 Å². The van der Waals surface area contributed by atoms with E-state index in [4.69, 9.17) is 47.4 Å². The lowest BCUT2D eigenvalue weighted by atomic mass is 9.95. The second-order valence-electron chi connectivity index (χ2n) is 14.0. The third-order valence-electron chi connectivity index (χ3n) is 9.95. The van der Waals surface area contributed by atoms with Crippen molar-refractivity contribution in [2.24, 2.45) is 0 Å². The van der Waals surface area contributed by atoms with Gasteiger partial charge in [0.25, 0.3) is 0 Å². The van der Waals surface area contributed by atoms with Gasteiger partial charge in [-0.1, -0.05) is 127 Å². The molecule has 57 heavy (non-hydrogen) atoms. The molecule has 11 atom stereocenters. The third-order valence-corrected chi connectivity index (χ3v) is 9.95. The van der Waals surface area contributed by atoms with E-state index in [1.54, 1.807) is 6.08 Å². The molecule has 0 radical (unpaired) electrons. The normalized spacial score (nSPS) is 29.9. The van der Waals surface area contributed by atoms with E-state index < -0.39 is 80.3 Å². The summed E-state index contributed by atoms with van der Waals surface area (Å²) in [6.45, 7) is 5.50. The van der Waals surface area contributed by atoms with Crippen LogP contribution in [0, 0.1) is 0 Å². The summed E-state index contributed by atoms with van der Waals surface area (Å²) in [4.78, 5) is 12.9. The van der Waals surface area contributed by atoms with Gasteiger partial charge in [0, 0.05) is 12.5 Å². The Morgan fingerprint density at radius 3 is 1.75 bits per heavy atom. The van der Waals surface area contributed by atoms with Crippen LogP contribution in [0.3, 0.4) is 0 Å². The van der Waals surface area contributed by atoms with E-state index in [0.717, 1.165) is 22.3 Å². The molecule has 302 valence electrons. The Labute approximate surface area is 333 Å². The maximum atomic E-state index is 12.9. The van der Waals surface area contributed by atoms with Crippen LogP contribution in [-0.2, 0) is 72.0 Å². The fourth-order valence-electron chi connectivity index (χ4n) is 7.25. The number of fused-ring (bicyclic) bond motifs is 1. The number of benzene rings is 4. The molecular weight excluding hydrogens is 732 g/mol. The lowest BCUT2D eigenvalue weighted by molar-refractivity contribution is -0.393. The van der Waals surface area contributed by atoms with Crippen molar-refractivity contribution >= 4 is 5.97 Å². The van der Waals surface area contributed by atoms with Crippen molar-refractivity contribution in [3.63, 3.8) is 0 Å². The Bertz CT molecular complexity index is 1800. The molecule has 0 spiro atoms. The van der Waals surface area contributed by atoms with Crippen LogP contribution in [0.2, 0.25) is 0 Å². The number of carbonyl (C=O) groups is 1. The highest BCUT2D eigenvalue weighted by molar-refractivity contribution is 5.66. The van der Waals surface area contributed by atoms with E-state index in [1.807, 2.05) is 121 Å². The lowest BCUT2D eigenvalue weighted by Crippen LogP contribution is -2.67. The maximum absolute atomic E-state index is 12.9. The molecule has 12 nitrogen and oxygen atoms in total. The third kappa shape index (κ3) is 10.6. The van der Waals surface area contributed by atoms with Crippen molar-refractivity contribution < 1.29 is 57.3 Å². The standard InChI is InChI=1S/C45H50O12/c1-3-24-48-44-41(51-28-33-20-12-6-13-21-33)39(49-26-31-16-8-4-9-17-31)37(35(25-46)54-44)57-45-42(53-30(2)47)40(50-27-32-18-10-5-11-19-32)38-36(55-45)29-52-43(56-38)34-22-14-7-15-23-34/h3-23,35-46H,1,24-29H2,2H3/t35-,36-,37-,38-,39+,40+,41-,42+,43-,44-,45+/m1/s1. The molecule has 7 rings (SSSR count). The van der Waals surface area contributed by atoms with E-state index in [9.17, 15) is 9.90 Å². The minimum absolute atomic E-state index is 0.126. The van der Waals surface area contributed by atoms with Gasteiger partial charge in [0.05, 0.1) is 39.6 Å². The molecule has 0 amide bonds. The first kappa shape index (κ1) is 40.9. The van der Waals surface area contributed by atoms with Gasteiger partial charge >= 0.3 is 5.97 Å². The topological polar surface area (TPSA) is 130 Å². The van der Waals surface area contributed by atoms with E-state index in [-0.39, 0.29) is 33.0 Å². The summed E-state index contributed by atoms with van der Waals surface area (Å²) in [5.74, 6) is -0.576. The average Bonchev–Trinajstić information content (AvgIpc) is 3.25. The quantitative estimate of drug-likeness (QED) is 0.102. The van der Waals surface area contributed by atoms with Crippen LogP contribution in [0.15, 0.2) is 134 Å². The lowest BCUT2D eigenvalue weighted by Gasteiger charge is -2.51. The molecule has 4 aromatic rings. The minimum atomic E-state index is -1.25. The predicted octanol–water partition coefficient (Wildman–Crippen LogP) is 5.82. The minimum Gasteiger partial charge on any atom is -0.454 e. The molecule has 0 bridgehead atoms. The number of hydrogen-bond donors (Lipinski definition) is 1. The van der Waals surface area contributed by atoms with Gasteiger partial charge < -0.3 is 52.5 Å². The number of esters is 1. The highest BCUT2D eigenvalue weighted by Gasteiger charge is 2.56. The highest BCUT2D eigenvalue weighted by atomic mass is 16.8. The van der Waals surface area contributed by atoms with Crippen LogP contribution in [0.1, 0.15) is 35.5 Å². The van der Waals surface area contributed by atoms with E-state index >= 15 is 0 Å². The van der Waals surface area contributed by atoms with Crippen molar-refractivity contribution in [3.8, 4) is 0 Å². The molecule has 3 aliphatic rings. The summed E-state index contributed by atoms with van der Waals surface area (Å²) in [6, 6.07) is 38.6. The van der Waals surface area contributed by atoms with Gasteiger partial charge in [0.15, 0.2) is 25.0 Å². The first-order valence-corrected chi connectivity index (χ1v) is 19.3. The number of rotatable bonds is 17. The molecule has 3 fully saturated rings. The first-order valence-electron chi connectivity index (χ1n) is 19.3. The molecular formula is C45H50O12. The molecule has 0 aliphatic carbocycles. The summed E-state index contributed by atoms with van der Waals surface area (Å²) < 4.78 is 64.7. The Kier molecular flexibility index (Phi) is 14.6. The van der Waals surface area contributed by atoms with Gasteiger partial charge in [-0.25, -0.2) is 0 Å². The smallest absolute Gasteiger partial charge is 0.303 e. The van der Waals surface area contributed by atoms with Crippen LogP contribution in [0.5, 0.6) is 0 Å². The number of hydrogen-bond acceptors (Lipinski definition) is 12. The van der Waals surface area contributed by atoms with Crippen LogP contribution in [-0.4, -0.2) is 92.3 Å². The summed E-state index contributed by atoms with van der Waals surface area (Å²) in [5, 5.41) is 10.9. The average molecular weight is 783 g/mol. The first-order chi connectivity index (χ1) is 28.0. The fraction of sp³-hybridized carbons (Fsp3) is 0.400. The Hall–Kier alpha value is -4.31. The second kappa shape index (κ2) is 20.4. The molecule has 3 saturated heterocycles. The molecule has 3 aliphatic heterocycles. The van der Waals surface area contributed by atoms with Crippen LogP contribution in [0.4, 0.5) is 0 Å². The van der Waals surface area contributed by atoms with Gasteiger partial charge in [0.2, 0.25) is 0 Å². The summed E-state index contributed by atoms with van der Waals surface area (Å²) in [6.07, 6.45) is -8.51. The summed E-state index contributed by atoms with van der Waals surface area (Å²) >= 11 is 0. The zero-order chi connectivity index (χ0) is 39.4. The molecule has 4 aromatic carbocycles. The van der Waals surface area contributed by atoms with Crippen molar-refractivity contribution in [3.05, 3.63) is 156 Å². The van der Waals surface area contributed by atoms with Gasteiger partial charge in [-0.2, -0.15) is 0 Å². The van der Waals surface area contributed by atoms with Crippen LogP contribution < -0.4 is 0 Å². The maximum Gasteiger partial charge on any atom is 0.303 e. The van der Waals surface area contributed by atoms with Crippen molar-refractivity contribution in [2.45, 2.75) is 94.4 Å². The van der Waals surface area contributed by atoms with E-state index in [0.29, 0.717) is 0 Å². The Morgan fingerprint density at radius 1 is 0.667 bits per heavy atom. The fourth-order valence-corrected chi connectivity index (χ4v) is 7.25. The highest BCUT2D eigenvalue weighted by Crippen LogP contribution is 2.39. The molecule has 0 unspecified atom stereocenters. The van der Waals surface area contributed by atoms with Crippen LogP contribution >= 0.6 is 0 Å². The molecule has 3 heterocycles. The van der Waals surface area contributed by atoms with Gasteiger partial charge in [-0.05, 0) is 16.7 Å². The van der Waals surface area contributed by atoms with E-state index in [1.165, 1.54) is 6.92 Å². The monoisotopic (exact) mass is 782 g/mol. The molecule has 1 N–H and O–H groups in total. The second-order valence-corrected chi connectivity index (χ2v) is 14.0. The zero-order valence-electron chi connectivity index (χ0n) is 31.9. The number of ether oxygens (including phenoxy) is 10. The largest absolute Gasteiger partial charge is 0.454 e. The Balaban J connectivity index is 1.22. The molecule has 12 heteroatoms. The number of carbonyl (C=O) groups excluding carboxylic acids is 1. The van der Waals surface area contributed by atoms with Gasteiger partial charge in [-0.15, -0.1) is 6.58 Å².